The number of halogens is 1. The molecule has 1 fully saturated rings. The van der Waals surface area contributed by atoms with E-state index in [1.54, 1.807) is 6.07 Å². The summed E-state index contributed by atoms with van der Waals surface area (Å²) in [7, 11) is 0. The molecule has 4 heteroatoms. The van der Waals surface area contributed by atoms with Crippen molar-refractivity contribution in [3.63, 3.8) is 0 Å². The second kappa shape index (κ2) is 24.5. The van der Waals surface area contributed by atoms with Gasteiger partial charge in [0.25, 0.3) is 0 Å². The molecule has 0 spiro atoms. The van der Waals surface area contributed by atoms with Crippen molar-refractivity contribution in [2.24, 2.45) is 16.7 Å². The van der Waals surface area contributed by atoms with Crippen molar-refractivity contribution < 1.29 is 4.39 Å². The summed E-state index contributed by atoms with van der Waals surface area (Å²) < 4.78 is 14.1. The molecule has 0 aromatic heterocycles. The highest BCUT2D eigenvalue weighted by Crippen LogP contribution is 2.31. The maximum atomic E-state index is 14.1. The summed E-state index contributed by atoms with van der Waals surface area (Å²) in [6.45, 7) is 46.4. The van der Waals surface area contributed by atoms with Gasteiger partial charge in [-0.1, -0.05) is 127 Å². The highest BCUT2D eigenvalue weighted by atomic mass is 19.1. The second-order valence-corrected chi connectivity index (χ2v) is 18.6. The summed E-state index contributed by atoms with van der Waals surface area (Å²) in [5.41, 5.74) is 9.14. The van der Waals surface area contributed by atoms with E-state index in [0.717, 1.165) is 50.6 Å². The first-order chi connectivity index (χ1) is 26.2. The van der Waals surface area contributed by atoms with Gasteiger partial charge < -0.3 is 14.7 Å². The minimum Gasteiger partial charge on any atom is -0.371 e. The molecule has 0 N–H and O–H groups in total. The van der Waals surface area contributed by atoms with Crippen molar-refractivity contribution in [3.8, 4) is 0 Å². The van der Waals surface area contributed by atoms with Gasteiger partial charge in [-0.05, 0) is 134 Å². The molecular weight excluding hydrogens is 686 g/mol. The Hall–Kier alpha value is -3.27. The van der Waals surface area contributed by atoms with Gasteiger partial charge in [0.15, 0.2) is 0 Å². The summed E-state index contributed by atoms with van der Waals surface area (Å²) in [5.74, 6) is 1.71. The molecule has 4 rings (SSSR count). The van der Waals surface area contributed by atoms with Crippen molar-refractivity contribution in [1.29, 1.82) is 0 Å². The van der Waals surface area contributed by atoms with Gasteiger partial charge in [-0.2, -0.15) is 0 Å². The van der Waals surface area contributed by atoms with E-state index >= 15 is 0 Å². The molecule has 0 radical (unpaired) electrons. The lowest BCUT2D eigenvalue weighted by Crippen LogP contribution is -2.42. The maximum absolute atomic E-state index is 14.1. The lowest BCUT2D eigenvalue weighted by molar-refractivity contribution is 0.363. The van der Waals surface area contributed by atoms with Crippen LogP contribution in [0.15, 0.2) is 73.3 Å². The van der Waals surface area contributed by atoms with Crippen LogP contribution < -0.4 is 14.7 Å². The molecule has 0 saturated carbocycles. The molecule has 316 valence electrons. The molecule has 1 saturated heterocycles. The number of hydrogen-bond donors (Lipinski definition) is 0. The zero-order valence-electron chi connectivity index (χ0n) is 39.5. The average Bonchev–Trinajstić information content (AvgIpc) is 3.13. The van der Waals surface area contributed by atoms with Crippen molar-refractivity contribution in [1.82, 2.24) is 0 Å². The molecule has 2 unspecified atom stereocenters. The van der Waals surface area contributed by atoms with Crippen LogP contribution in [0, 0.1) is 36.4 Å². The Labute approximate surface area is 347 Å². The van der Waals surface area contributed by atoms with E-state index in [1.807, 2.05) is 26.0 Å². The van der Waals surface area contributed by atoms with Crippen LogP contribution in [-0.4, -0.2) is 38.8 Å². The number of hydrogen-bond acceptors (Lipinski definition) is 3. The summed E-state index contributed by atoms with van der Waals surface area (Å²) in [4.78, 5) is 7.24. The summed E-state index contributed by atoms with van der Waals surface area (Å²) >= 11 is 0. The molecule has 0 amide bonds. The van der Waals surface area contributed by atoms with Gasteiger partial charge in [0.2, 0.25) is 0 Å². The minimum absolute atomic E-state index is 0.109. The minimum atomic E-state index is -0.109. The highest BCUT2D eigenvalue weighted by molar-refractivity contribution is 5.53. The van der Waals surface area contributed by atoms with Gasteiger partial charge in [0.05, 0.1) is 5.69 Å². The SMILES string of the molecule is C=CC(C)(C)CN(CCC)c1cc(C)cc(C(C)C)c1.CC.CCCN(CC(C)(C)C)c1cc(C(C)C)ccc1F.Cc1cccc(N2CCCC(C)C2C)c1. The normalized spacial score (nSPS) is 15.5. The standard InChI is InChI=1S/C19H31N.C17H28FN.C14H21N.C2H6/c1-8-10-20(14-19(6,7)9-2)18-12-16(5)11-17(13-18)15(3)4;1-7-10-19(12-17(4,5)6)16-11-14(13(2)3)8-9-15(16)18;1-11-6-4-8-14(10-11)15-9-5-7-12(2)13(15)3;1-2/h9,11-13,15H,2,8,10,14H2,1,3-7H3;8-9,11,13H,7,10,12H2,1-6H3;4,6,8,10,12-13H,5,7,9H2,1-3H3;1-2H3. The van der Waals surface area contributed by atoms with Crippen molar-refractivity contribution in [3.05, 3.63) is 101 Å². The third-order valence-electron chi connectivity index (χ3n) is 10.6. The number of anilines is 3. The molecule has 0 bridgehead atoms. The summed E-state index contributed by atoms with van der Waals surface area (Å²) in [5, 5.41) is 0. The van der Waals surface area contributed by atoms with Gasteiger partial charge in [-0.3, -0.25) is 0 Å². The molecule has 56 heavy (non-hydrogen) atoms. The monoisotopic (exact) mass is 772 g/mol. The summed E-state index contributed by atoms with van der Waals surface area (Å²) in [6, 6.07) is 22.0. The number of benzene rings is 3. The summed E-state index contributed by atoms with van der Waals surface area (Å²) in [6.07, 6.45) is 6.97. The first-order valence-electron chi connectivity index (χ1n) is 22.1. The van der Waals surface area contributed by atoms with E-state index in [9.17, 15) is 4.39 Å². The van der Waals surface area contributed by atoms with Crippen LogP contribution in [0.1, 0.15) is 164 Å². The quantitative estimate of drug-likeness (QED) is 0.160. The van der Waals surface area contributed by atoms with Gasteiger partial charge in [-0.15, -0.1) is 6.58 Å². The predicted molar refractivity (Wildman–Crippen MR) is 252 cm³/mol. The Bertz CT molecular complexity index is 1550. The molecule has 1 heterocycles. The Morgan fingerprint density at radius 1 is 0.786 bits per heavy atom. The van der Waals surface area contributed by atoms with Gasteiger partial charge in [0, 0.05) is 50.1 Å². The topological polar surface area (TPSA) is 9.72 Å². The molecule has 3 aromatic carbocycles. The van der Waals surface area contributed by atoms with Crippen LogP contribution in [-0.2, 0) is 0 Å². The van der Waals surface area contributed by atoms with Crippen LogP contribution in [0.2, 0.25) is 0 Å². The van der Waals surface area contributed by atoms with Crippen LogP contribution in [0.3, 0.4) is 0 Å². The van der Waals surface area contributed by atoms with Crippen molar-refractivity contribution in [2.45, 2.75) is 161 Å². The second-order valence-electron chi connectivity index (χ2n) is 18.6. The number of piperidine rings is 1. The largest absolute Gasteiger partial charge is 0.371 e. The number of nitrogens with zero attached hydrogens (tertiary/aromatic N) is 3. The van der Waals surface area contributed by atoms with Gasteiger partial charge >= 0.3 is 0 Å². The fourth-order valence-electron chi connectivity index (χ4n) is 7.20. The van der Waals surface area contributed by atoms with E-state index in [0.29, 0.717) is 17.9 Å². The zero-order chi connectivity index (χ0) is 42.8. The van der Waals surface area contributed by atoms with Crippen LogP contribution >= 0.6 is 0 Å². The first-order valence-corrected chi connectivity index (χ1v) is 22.1. The first kappa shape index (κ1) is 50.7. The molecular formula is C52H86FN3. The number of rotatable bonds is 13. The van der Waals surface area contributed by atoms with E-state index in [-0.39, 0.29) is 16.6 Å². The molecule has 3 aromatic rings. The Morgan fingerprint density at radius 2 is 1.39 bits per heavy atom. The lowest BCUT2D eigenvalue weighted by atomic mass is 9.91. The Balaban J connectivity index is 0.000000414. The number of aryl methyl sites for hydroxylation is 2. The van der Waals surface area contributed by atoms with E-state index in [1.165, 1.54) is 53.0 Å². The zero-order valence-corrected chi connectivity index (χ0v) is 39.5. The molecule has 0 aliphatic carbocycles. The van der Waals surface area contributed by atoms with Crippen LogP contribution in [0.4, 0.5) is 21.5 Å². The fourth-order valence-corrected chi connectivity index (χ4v) is 7.20. The smallest absolute Gasteiger partial charge is 0.146 e. The maximum Gasteiger partial charge on any atom is 0.146 e. The third-order valence-corrected chi connectivity index (χ3v) is 10.6. The average molecular weight is 772 g/mol. The van der Waals surface area contributed by atoms with E-state index < -0.39 is 0 Å². The van der Waals surface area contributed by atoms with Gasteiger partial charge in [-0.25, -0.2) is 4.39 Å². The van der Waals surface area contributed by atoms with Crippen molar-refractivity contribution >= 4 is 17.1 Å². The lowest BCUT2D eigenvalue weighted by Gasteiger charge is -2.39. The van der Waals surface area contributed by atoms with E-state index in [4.69, 9.17) is 0 Å². The Kier molecular flexibility index (Phi) is 22.2. The molecule has 1 aliphatic heterocycles. The van der Waals surface area contributed by atoms with Crippen LogP contribution in [0.5, 0.6) is 0 Å². The highest BCUT2D eigenvalue weighted by Gasteiger charge is 2.25. The Morgan fingerprint density at radius 3 is 1.93 bits per heavy atom. The van der Waals surface area contributed by atoms with Crippen molar-refractivity contribution in [2.75, 3.05) is 47.4 Å². The predicted octanol–water partition coefficient (Wildman–Crippen LogP) is 15.4. The third kappa shape index (κ3) is 17.5. The molecule has 2 atom stereocenters. The van der Waals surface area contributed by atoms with Crippen LogP contribution in [0.25, 0.3) is 0 Å². The fraction of sp³-hybridized carbons (Fsp3) is 0.615. The van der Waals surface area contributed by atoms with E-state index in [2.05, 4.69) is 174 Å². The molecule has 3 nitrogen and oxygen atoms in total. The van der Waals surface area contributed by atoms with Gasteiger partial charge in [0.1, 0.15) is 5.82 Å². The molecule has 1 aliphatic rings.